The van der Waals surface area contributed by atoms with Crippen molar-refractivity contribution in [3.05, 3.63) is 58.1 Å². The third-order valence-electron chi connectivity index (χ3n) is 5.75. The van der Waals surface area contributed by atoms with Crippen LogP contribution in [0.25, 0.3) is 0 Å². The van der Waals surface area contributed by atoms with E-state index in [1.807, 2.05) is 45.0 Å². The van der Waals surface area contributed by atoms with Gasteiger partial charge in [0.25, 0.3) is 0 Å². The second-order valence-corrected chi connectivity index (χ2v) is 8.56. The number of aryl methyl sites for hydroxylation is 3. The normalized spacial score (nSPS) is 16.3. The summed E-state index contributed by atoms with van der Waals surface area (Å²) in [5.41, 5.74) is 4.37. The van der Waals surface area contributed by atoms with Crippen LogP contribution in [0, 0.1) is 20.8 Å². The zero-order chi connectivity index (χ0) is 21.7. The molecule has 0 spiro atoms. The number of hydrogen-bond acceptors (Lipinski definition) is 4. The molecule has 1 heterocycles. The Labute approximate surface area is 185 Å². The third-order valence-corrected chi connectivity index (χ3v) is 6.00. The first-order valence-corrected chi connectivity index (χ1v) is 10.9. The Morgan fingerprint density at radius 2 is 1.67 bits per heavy atom. The smallest absolute Gasteiger partial charge is 0.241 e. The lowest BCUT2D eigenvalue weighted by molar-refractivity contribution is -0.121. The summed E-state index contributed by atoms with van der Waals surface area (Å²) in [6.45, 7) is 13.3. The minimum atomic E-state index is -0.155. The summed E-state index contributed by atoms with van der Waals surface area (Å²) in [5, 5.41) is 3.86. The number of ether oxygens (including phenoxy) is 1. The van der Waals surface area contributed by atoms with Crippen molar-refractivity contribution in [2.75, 3.05) is 44.6 Å². The largest absolute Gasteiger partial charge is 0.492 e. The second-order valence-electron chi connectivity index (χ2n) is 8.12. The Morgan fingerprint density at radius 1 is 1.07 bits per heavy atom. The lowest BCUT2D eigenvalue weighted by Crippen LogP contribution is -2.53. The Morgan fingerprint density at radius 3 is 2.27 bits per heavy atom. The van der Waals surface area contributed by atoms with Crippen LogP contribution in [-0.4, -0.2) is 61.1 Å². The third kappa shape index (κ3) is 5.97. The van der Waals surface area contributed by atoms with Crippen molar-refractivity contribution >= 4 is 23.2 Å². The molecule has 2 aromatic rings. The molecule has 1 amide bonds. The van der Waals surface area contributed by atoms with Gasteiger partial charge in [0.2, 0.25) is 5.91 Å². The Bertz CT molecular complexity index is 838. The van der Waals surface area contributed by atoms with Gasteiger partial charge in [-0.05, 0) is 63.1 Å². The van der Waals surface area contributed by atoms with Crippen LogP contribution >= 0.6 is 11.6 Å². The molecule has 162 valence electrons. The molecular weight excluding hydrogens is 398 g/mol. The summed E-state index contributed by atoms with van der Waals surface area (Å²) in [6, 6.07) is 11.5. The van der Waals surface area contributed by atoms with Crippen molar-refractivity contribution in [3.63, 3.8) is 0 Å². The van der Waals surface area contributed by atoms with Crippen LogP contribution in [0.5, 0.6) is 5.75 Å². The zero-order valence-electron chi connectivity index (χ0n) is 18.4. The molecule has 1 N–H and O–H groups in total. The highest BCUT2D eigenvalue weighted by molar-refractivity contribution is 6.30. The minimum Gasteiger partial charge on any atom is -0.492 e. The SMILES string of the molecule is Cc1cc(C)c(NC(=O)[C@H](C)N2CCN(CCOc3ccc(Cl)cc3)CC2)c(C)c1. The van der Waals surface area contributed by atoms with E-state index < -0.39 is 0 Å². The van der Waals surface area contributed by atoms with Crippen molar-refractivity contribution in [2.45, 2.75) is 33.7 Å². The molecule has 30 heavy (non-hydrogen) atoms. The molecule has 6 heteroatoms. The predicted octanol–water partition coefficient (Wildman–Crippen LogP) is 4.29. The molecule has 1 saturated heterocycles. The van der Waals surface area contributed by atoms with E-state index in [-0.39, 0.29) is 11.9 Å². The molecule has 1 fully saturated rings. The fraction of sp³-hybridized carbons (Fsp3) is 0.458. The number of hydrogen-bond donors (Lipinski definition) is 1. The van der Waals surface area contributed by atoms with Gasteiger partial charge in [-0.15, -0.1) is 0 Å². The van der Waals surface area contributed by atoms with E-state index in [4.69, 9.17) is 16.3 Å². The van der Waals surface area contributed by atoms with Crippen molar-refractivity contribution < 1.29 is 9.53 Å². The molecule has 0 saturated carbocycles. The van der Waals surface area contributed by atoms with Gasteiger partial charge in [0.1, 0.15) is 12.4 Å². The number of anilines is 1. The minimum absolute atomic E-state index is 0.0598. The number of benzene rings is 2. The van der Waals surface area contributed by atoms with Crippen LogP contribution < -0.4 is 10.1 Å². The highest BCUT2D eigenvalue weighted by Gasteiger charge is 2.26. The Kier molecular flexibility index (Phi) is 7.75. The van der Waals surface area contributed by atoms with E-state index in [1.54, 1.807) is 0 Å². The van der Waals surface area contributed by atoms with Gasteiger partial charge in [0.15, 0.2) is 0 Å². The average molecular weight is 430 g/mol. The molecule has 1 atom stereocenters. The molecule has 3 rings (SSSR count). The Hall–Kier alpha value is -2.08. The van der Waals surface area contributed by atoms with E-state index in [2.05, 4.69) is 34.2 Å². The maximum Gasteiger partial charge on any atom is 0.241 e. The van der Waals surface area contributed by atoms with Crippen LogP contribution in [0.2, 0.25) is 5.02 Å². The van der Waals surface area contributed by atoms with Gasteiger partial charge in [0.05, 0.1) is 6.04 Å². The lowest BCUT2D eigenvalue weighted by Gasteiger charge is -2.37. The highest BCUT2D eigenvalue weighted by Crippen LogP contribution is 2.22. The summed E-state index contributed by atoms with van der Waals surface area (Å²) in [7, 11) is 0. The van der Waals surface area contributed by atoms with E-state index in [0.717, 1.165) is 55.3 Å². The maximum absolute atomic E-state index is 12.8. The zero-order valence-corrected chi connectivity index (χ0v) is 19.1. The average Bonchev–Trinajstić information content (AvgIpc) is 2.72. The van der Waals surface area contributed by atoms with Crippen LogP contribution in [-0.2, 0) is 4.79 Å². The maximum atomic E-state index is 12.8. The molecule has 0 aromatic heterocycles. The first-order valence-electron chi connectivity index (χ1n) is 10.6. The molecule has 5 nitrogen and oxygen atoms in total. The fourth-order valence-corrected chi connectivity index (χ4v) is 4.09. The molecule has 2 aromatic carbocycles. The monoisotopic (exact) mass is 429 g/mol. The number of piperazine rings is 1. The number of nitrogens with one attached hydrogen (secondary N) is 1. The molecule has 1 aliphatic rings. The summed E-state index contributed by atoms with van der Waals surface area (Å²) < 4.78 is 5.80. The van der Waals surface area contributed by atoms with Crippen molar-refractivity contribution in [1.82, 2.24) is 9.80 Å². The number of carbonyl (C=O) groups is 1. The first kappa shape index (κ1) is 22.6. The molecular formula is C24H32ClN3O2. The second kappa shape index (κ2) is 10.3. The standard InChI is InChI=1S/C24H32ClN3O2/c1-17-15-18(2)23(19(3)16-17)26-24(29)20(4)28-11-9-27(10-12-28)13-14-30-22-7-5-21(25)6-8-22/h5-8,15-16,20H,9-14H2,1-4H3,(H,26,29)/t20-/m0/s1. The number of nitrogens with zero attached hydrogens (tertiary/aromatic N) is 2. The van der Waals surface area contributed by atoms with Gasteiger partial charge in [-0.1, -0.05) is 29.3 Å². The van der Waals surface area contributed by atoms with Gasteiger partial charge in [-0.2, -0.15) is 0 Å². The van der Waals surface area contributed by atoms with E-state index >= 15 is 0 Å². The Balaban J connectivity index is 1.44. The van der Waals surface area contributed by atoms with Gasteiger partial charge in [0, 0.05) is 43.4 Å². The molecule has 0 radical (unpaired) electrons. The van der Waals surface area contributed by atoms with Crippen LogP contribution in [0.4, 0.5) is 5.69 Å². The molecule has 1 aliphatic heterocycles. The quantitative estimate of drug-likeness (QED) is 0.713. The van der Waals surface area contributed by atoms with Gasteiger partial charge >= 0.3 is 0 Å². The highest BCUT2D eigenvalue weighted by atomic mass is 35.5. The summed E-state index contributed by atoms with van der Waals surface area (Å²) in [6.07, 6.45) is 0. The fourth-order valence-electron chi connectivity index (χ4n) is 3.97. The van der Waals surface area contributed by atoms with Crippen LogP contribution in [0.15, 0.2) is 36.4 Å². The van der Waals surface area contributed by atoms with Gasteiger partial charge in [-0.25, -0.2) is 0 Å². The van der Waals surface area contributed by atoms with Gasteiger partial charge in [-0.3, -0.25) is 14.6 Å². The summed E-state index contributed by atoms with van der Waals surface area (Å²) >= 11 is 5.90. The number of carbonyl (C=O) groups excluding carboxylic acids is 1. The van der Waals surface area contributed by atoms with Crippen molar-refractivity contribution in [3.8, 4) is 5.75 Å². The lowest BCUT2D eigenvalue weighted by atomic mass is 10.0. The van der Waals surface area contributed by atoms with Crippen molar-refractivity contribution in [1.29, 1.82) is 0 Å². The van der Waals surface area contributed by atoms with Gasteiger partial charge < -0.3 is 10.1 Å². The van der Waals surface area contributed by atoms with Crippen molar-refractivity contribution in [2.24, 2.45) is 0 Å². The number of rotatable bonds is 7. The number of amides is 1. The predicted molar refractivity (Wildman–Crippen MR) is 124 cm³/mol. The summed E-state index contributed by atoms with van der Waals surface area (Å²) in [5.74, 6) is 0.898. The topological polar surface area (TPSA) is 44.8 Å². The molecule has 0 bridgehead atoms. The van der Waals surface area contributed by atoms with E-state index in [1.165, 1.54) is 5.56 Å². The van der Waals surface area contributed by atoms with Crippen LogP contribution in [0.3, 0.4) is 0 Å². The van der Waals surface area contributed by atoms with E-state index in [0.29, 0.717) is 11.6 Å². The molecule has 0 unspecified atom stereocenters. The van der Waals surface area contributed by atoms with Crippen LogP contribution in [0.1, 0.15) is 23.6 Å². The summed E-state index contributed by atoms with van der Waals surface area (Å²) in [4.78, 5) is 17.5. The van der Waals surface area contributed by atoms with E-state index in [9.17, 15) is 4.79 Å². The first-order chi connectivity index (χ1) is 14.3. The number of halogens is 1. The molecule has 0 aliphatic carbocycles.